The number of primary amides is 1. The van der Waals surface area contributed by atoms with Crippen molar-refractivity contribution < 1.29 is 13.2 Å². The maximum Gasteiger partial charge on any atom is 0.250 e. The molecule has 1 amide bonds. The van der Waals surface area contributed by atoms with E-state index in [1.165, 1.54) is 6.26 Å². The summed E-state index contributed by atoms with van der Waals surface area (Å²) in [6.07, 6.45) is 4.78. The number of hydrogen-bond acceptors (Lipinski definition) is 6. The van der Waals surface area contributed by atoms with Crippen LogP contribution in [0.4, 0.5) is 0 Å². The van der Waals surface area contributed by atoms with E-state index in [9.17, 15) is 13.2 Å². The molecule has 2 N–H and O–H groups in total. The number of likely N-dealkylation sites (tertiary alicyclic amines) is 1. The molecule has 9 heteroatoms. The van der Waals surface area contributed by atoms with Gasteiger partial charge in [0, 0.05) is 24.3 Å². The number of carbonyl (C=O) groups excluding carboxylic acids is 1. The van der Waals surface area contributed by atoms with Gasteiger partial charge in [-0.1, -0.05) is 0 Å². The Bertz CT molecular complexity index is 1010. The number of sulfonamides is 1. The number of piperidine rings is 1. The molecular weight excluding hydrogens is 444 g/mol. The fraction of sp³-hybridized carbons (Fsp3) is 0.565. The minimum absolute atomic E-state index is 0.0432. The van der Waals surface area contributed by atoms with Crippen molar-refractivity contribution in [3.05, 3.63) is 51.0 Å². The van der Waals surface area contributed by atoms with Gasteiger partial charge in [-0.2, -0.15) is 15.6 Å². The van der Waals surface area contributed by atoms with E-state index >= 15 is 0 Å². The van der Waals surface area contributed by atoms with Crippen LogP contribution in [0.25, 0.3) is 0 Å². The topological polar surface area (TPSA) is 96.6 Å². The lowest BCUT2D eigenvalue weighted by atomic mass is 10.00. The molecule has 1 atom stereocenters. The molecule has 3 heterocycles. The van der Waals surface area contributed by atoms with E-state index in [0.29, 0.717) is 23.8 Å². The SMILES string of the molecule is Cc1cc(CC[C@@H](C)N2CCC(N(Cc3ccsc3)S(C)(=O)=O)CC2)nc(C)c1C(N)=O. The third-order valence-corrected chi connectivity index (χ3v) is 8.40. The molecule has 0 bridgehead atoms. The van der Waals surface area contributed by atoms with Gasteiger partial charge < -0.3 is 10.6 Å². The maximum atomic E-state index is 12.4. The number of amides is 1. The Morgan fingerprint density at radius 1 is 1.34 bits per heavy atom. The van der Waals surface area contributed by atoms with Crippen LogP contribution in [0.3, 0.4) is 0 Å². The number of rotatable bonds is 9. The lowest BCUT2D eigenvalue weighted by molar-refractivity contribution is 0.0998. The lowest BCUT2D eigenvalue weighted by Gasteiger charge is -2.39. The molecule has 2 aromatic heterocycles. The molecule has 176 valence electrons. The standard InChI is InChI=1S/C23H34N4O3S2/c1-16-13-20(25-18(3)22(16)23(24)28)6-5-17(2)26-10-7-21(8-11-26)27(32(4,29)30)14-19-9-12-31-15-19/h9,12-13,15,17,21H,5-8,10-11,14H2,1-4H3,(H2,24,28)/t17-/m1/s1. The van der Waals surface area contributed by atoms with Gasteiger partial charge in [0.25, 0.3) is 5.91 Å². The fourth-order valence-corrected chi connectivity index (χ4v) is 6.44. The van der Waals surface area contributed by atoms with Crippen LogP contribution < -0.4 is 5.73 Å². The first-order valence-electron chi connectivity index (χ1n) is 11.0. The quantitative estimate of drug-likeness (QED) is 0.597. The van der Waals surface area contributed by atoms with Crippen LogP contribution in [-0.4, -0.2) is 59.9 Å². The molecule has 0 radical (unpaired) electrons. The number of aryl methyl sites for hydroxylation is 3. The summed E-state index contributed by atoms with van der Waals surface area (Å²) in [5, 5.41) is 4.00. The molecule has 2 aromatic rings. The number of pyridine rings is 1. The molecule has 32 heavy (non-hydrogen) atoms. The molecule has 0 unspecified atom stereocenters. The highest BCUT2D eigenvalue weighted by molar-refractivity contribution is 7.88. The third kappa shape index (κ3) is 6.15. The number of thiophene rings is 1. The zero-order valence-corrected chi connectivity index (χ0v) is 21.0. The second-order valence-corrected chi connectivity index (χ2v) is 11.6. The normalized spacial score (nSPS) is 17.0. The number of carbonyl (C=O) groups is 1. The number of nitrogens with two attached hydrogens (primary N) is 1. The Hall–Kier alpha value is -1.81. The number of aromatic nitrogens is 1. The van der Waals surface area contributed by atoms with E-state index in [4.69, 9.17) is 5.73 Å². The molecule has 0 spiro atoms. The zero-order valence-electron chi connectivity index (χ0n) is 19.4. The highest BCUT2D eigenvalue weighted by atomic mass is 32.2. The Balaban J connectivity index is 1.56. The summed E-state index contributed by atoms with van der Waals surface area (Å²) >= 11 is 1.59. The lowest BCUT2D eigenvalue weighted by Crippen LogP contribution is -2.48. The molecule has 0 saturated carbocycles. The molecule has 1 fully saturated rings. The van der Waals surface area contributed by atoms with Crippen molar-refractivity contribution in [2.45, 2.75) is 65.1 Å². The van der Waals surface area contributed by atoms with Gasteiger partial charge in [0.2, 0.25) is 10.0 Å². The number of nitrogens with zero attached hydrogens (tertiary/aromatic N) is 3. The highest BCUT2D eigenvalue weighted by Gasteiger charge is 2.31. The predicted octanol–water partition coefficient (Wildman–Crippen LogP) is 3.11. The van der Waals surface area contributed by atoms with Crippen LogP contribution in [0.5, 0.6) is 0 Å². The second-order valence-electron chi connectivity index (χ2n) is 8.85. The smallest absolute Gasteiger partial charge is 0.250 e. The summed E-state index contributed by atoms with van der Waals surface area (Å²) in [6.45, 7) is 8.16. The first-order chi connectivity index (χ1) is 15.1. The van der Waals surface area contributed by atoms with Crippen molar-refractivity contribution in [1.82, 2.24) is 14.2 Å². The molecule has 0 aliphatic carbocycles. The van der Waals surface area contributed by atoms with Gasteiger partial charge in [0.1, 0.15) is 0 Å². The van der Waals surface area contributed by atoms with E-state index in [1.54, 1.807) is 15.6 Å². The van der Waals surface area contributed by atoms with Gasteiger partial charge in [-0.05, 0) is 93.6 Å². The minimum atomic E-state index is -3.26. The Labute approximate surface area is 195 Å². The van der Waals surface area contributed by atoms with Crippen LogP contribution >= 0.6 is 11.3 Å². The average molecular weight is 479 g/mol. The van der Waals surface area contributed by atoms with E-state index in [0.717, 1.165) is 55.6 Å². The highest BCUT2D eigenvalue weighted by Crippen LogP contribution is 2.24. The maximum absolute atomic E-state index is 12.4. The summed E-state index contributed by atoms with van der Waals surface area (Å²) in [7, 11) is -3.26. The van der Waals surface area contributed by atoms with E-state index in [2.05, 4.69) is 16.8 Å². The van der Waals surface area contributed by atoms with Crippen molar-refractivity contribution in [1.29, 1.82) is 0 Å². The van der Waals surface area contributed by atoms with Crippen molar-refractivity contribution >= 4 is 27.3 Å². The van der Waals surface area contributed by atoms with Crippen molar-refractivity contribution in [2.75, 3.05) is 19.3 Å². The molecule has 0 aromatic carbocycles. The van der Waals surface area contributed by atoms with Gasteiger partial charge in [0.05, 0.1) is 17.5 Å². The Kier molecular flexibility index (Phi) is 8.08. The largest absolute Gasteiger partial charge is 0.366 e. The summed E-state index contributed by atoms with van der Waals surface area (Å²) in [4.78, 5) is 18.6. The zero-order chi connectivity index (χ0) is 23.5. The average Bonchev–Trinajstić information content (AvgIpc) is 3.22. The van der Waals surface area contributed by atoms with Crippen molar-refractivity contribution in [3.8, 4) is 0 Å². The van der Waals surface area contributed by atoms with Crippen LogP contribution in [0.15, 0.2) is 22.9 Å². The summed E-state index contributed by atoms with van der Waals surface area (Å²) in [6, 6.07) is 4.37. The van der Waals surface area contributed by atoms with Gasteiger partial charge in [-0.3, -0.25) is 9.78 Å². The summed E-state index contributed by atoms with van der Waals surface area (Å²) in [5.41, 5.74) is 9.56. The van der Waals surface area contributed by atoms with E-state index in [-0.39, 0.29) is 6.04 Å². The van der Waals surface area contributed by atoms with Crippen LogP contribution in [0, 0.1) is 13.8 Å². The fourth-order valence-electron chi connectivity index (χ4n) is 4.65. The molecular formula is C23H34N4O3S2. The summed E-state index contributed by atoms with van der Waals surface area (Å²) in [5.74, 6) is -0.433. The molecule has 3 rings (SSSR count). The molecule has 1 saturated heterocycles. The first-order valence-corrected chi connectivity index (χ1v) is 13.8. The van der Waals surface area contributed by atoms with Gasteiger partial charge in [-0.25, -0.2) is 8.42 Å². The Morgan fingerprint density at radius 2 is 2.03 bits per heavy atom. The molecule has 1 aliphatic heterocycles. The van der Waals surface area contributed by atoms with Crippen molar-refractivity contribution in [3.63, 3.8) is 0 Å². The second kappa shape index (κ2) is 10.4. The van der Waals surface area contributed by atoms with Gasteiger partial charge in [-0.15, -0.1) is 0 Å². The molecule has 1 aliphatic rings. The predicted molar refractivity (Wildman–Crippen MR) is 129 cm³/mol. The number of hydrogen-bond donors (Lipinski definition) is 1. The first kappa shape index (κ1) is 24.8. The van der Waals surface area contributed by atoms with Crippen LogP contribution in [0.1, 0.15) is 59.1 Å². The van der Waals surface area contributed by atoms with Gasteiger partial charge >= 0.3 is 0 Å². The minimum Gasteiger partial charge on any atom is -0.366 e. The van der Waals surface area contributed by atoms with E-state index < -0.39 is 15.9 Å². The van der Waals surface area contributed by atoms with E-state index in [1.807, 2.05) is 36.7 Å². The van der Waals surface area contributed by atoms with Crippen LogP contribution in [-0.2, 0) is 23.0 Å². The third-order valence-electron chi connectivity index (χ3n) is 6.39. The Morgan fingerprint density at radius 3 is 2.56 bits per heavy atom. The summed E-state index contributed by atoms with van der Waals surface area (Å²) < 4.78 is 26.5. The van der Waals surface area contributed by atoms with Gasteiger partial charge in [0.15, 0.2) is 0 Å². The monoisotopic (exact) mass is 478 g/mol. The van der Waals surface area contributed by atoms with Crippen LogP contribution in [0.2, 0.25) is 0 Å². The van der Waals surface area contributed by atoms with Crippen molar-refractivity contribution in [2.24, 2.45) is 5.73 Å². The molecule has 7 nitrogen and oxygen atoms in total.